The molecule has 30 heavy (non-hydrogen) atoms. The normalized spacial score (nSPS) is 16.0. The van der Waals surface area contributed by atoms with E-state index in [0.29, 0.717) is 18.1 Å². The number of nitrogens with one attached hydrogen (secondary N) is 1. The minimum atomic E-state index is -0.587. The molecule has 3 rings (SSSR count). The van der Waals surface area contributed by atoms with Gasteiger partial charge in [-0.15, -0.1) is 0 Å². The maximum atomic E-state index is 12.5. The third-order valence-corrected chi connectivity index (χ3v) is 4.87. The topological polar surface area (TPSA) is 141 Å². The van der Waals surface area contributed by atoms with E-state index in [2.05, 4.69) is 10.3 Å². The smallest absolute Gasteiger partial charge is 0.311 e. The quantitative estimate of drug-likeness (QED) is 0.524. The van der Waals surface area contributed by atoms with Crippen molar-refractivity contribution in [2.45, 2.75) is 19.8 Å². The number of nitro groups is 1. The second kappa shape index (κ2) is 9.21. The molecule has 1 atom stereocenters. The third-order valence-electron chi connectivity index (χ3n) is 4.87. The van der Waals surface area contributed by atoms with Crippen molar-refractivity contribution in [3.05, 3.63) is 52.2 Å². The first-order valence-electron chi connectivity index (χ1n) is 9.62. The number of hydrogen-bond acceptors (Lipinski definition) is 7. The van der Waals surface area contributed by atoms with E-state index in [-0.39, 0.29) is 35.4 Å². The van der Waals surface area contributed by atoms with E-state index in [9.17, 15) is 19.7 Å². The molecule has 0 bridgehead atoms. The number of anilines is 2. The summed E-state index contributed by atoms with van der Waals surface area (Å²) in [5.74, 6) is -0.206. The lowest BCUT2D eigenvalue weighted by molar-refractivity contribution is -0.385. The highest BCUT2D eigenvalue weighted by Crippen LogP contribution is 2.28. The summed E-state index contributed by atoms with van der Waals surface area (Å²) in [5, 5.41) is 13.9. The van der Waals surface area contributed by atoms with Crippen molar-refractivity contribution in [3.63, 3.8) is 0 Å². The van der Waals surface area contributed by atoms with Gasteiger partial charge in [-0.2, -0.15) is 0 Å². The highest BCUT2D eigenvalue weighted by Gasteiger charge is 2.25. The lowest BCUT2D eigenvalue weighted by Gasteiger charge is -2.32. The van der Waals surface area contributed by atoms with Gasteiger partial charge in [-0.1, -0.05) is 0 Å². The molecule has 1 aromatic carbocycles. The van der Waals surface area contributed by atoms with Gasteiger partial charge in [0.05, 0.1) is 29.3 Å². The van der Waals surface area contributed by atoms with Gasteiger partial charge in [0.15, 0.2) is 5.75 Å². The van der Waals surface area contributed by atoms with E-state index in [1.54, 1.807) is 19.1 Å². The van der Waals surface area contributed by atoms with E-state index in [1.807, 2.05) is 4.90 Å². The van der Waals surface area contributed by atoms with Crippen molar-refractivity contribution in [1.29, 1.82) is 0 Å². The van der Waals surface area contributed by atoms with E-state index < -0.39 is 10.8 Å². The highest BCUT2D eigenvalue weighted by molar-refractivity contribution is 6.04. The lowest BCUT2D eigenvalue weighted by atomic mass is 9.97. The molecule has 158 valence electrons. The molecule has 0 radical (unpaired) electrons. The number of piperidine rings is 1. The van der Waals surface area contributed by atoms with Crippen LogP contribution < -0.4 is 20.7 Å². The van der Waals surface area contributed by atoms with Gasteiger partial charge in [0.25, 0.3) is 5.91 Å². The van der Waals surface area contributed by atoms with Crippen molar-refractivity contribution in [2.75, 3.05) is 29.9 Å². The Hall–Kier alpha value is -3.69. The number of rotatable bonds is 7. The molecule has 1 aromatic heterocycles. The standard InChI is InChI=1S/C20H23N5O5/c1-2-30-17-7-5-13(10-16(17)25(28)29)20(27)23-15-6-8-18(22-11-15)24-9-3-4-14(12-24)19(21)26/h5-8,10-11,14H,2-4,9,12H2,1H3,(H2,21,26)(H,23,27). The molecular formula is C20H23N5O5. The second-order valence-electron chi connectivity index (χ2n) is 6.92. The summed E-state index contributed by atoms with van der Waals surface area (Å²) >= 11 is 0. The number of amides is 2. The zero-order valence-corrected chi connectivity index (χ0v) is 16.5. The monoisotopic (exact) mass is 413 g/mol. The Kier molecular flexibility index (Phi) is 6.45. The first-order chi connectivity index (χ1) is 14.4. The molecule has 1 fully saturated rings. The molecule has 10 heteroatoms. The van der Waals surface area contributed by atoms with Crippen LogP contribution in [-0.4, -0.2) is 41.4 Å². The van der Waals surface area contributed by atoms with Crippen LogP contribution in [0.2, 0.25) is 0 Å². The van der Waals surface area contributed by atoms with Gasteiger partial charge in [0.1, 0.15) is 5.82 Å². The molecule has 1 aliphatic heterocycles. The Morgan fingerprint density at radius 3 is 2.80 bits per heavy atom. The van der Waals surface area contributed by atoms with Gasteiger partial charge in [-0.05, 0) is 44.0 Å². The number of nitrogens with zero attached hydrogens (tertiary/aromatic N) is 3. The Morgan fingerprint density at radius 1 is 1.37 bits per heavy atom. The Labute approximate surface area is 173 Å². The number of carbonyl (C=O) groups excluding carboxylic acids is 2. The Morgan fingerprint density at radius 2 is 2.17 bits per heavy atom. The average Bonchev–Trinajstić information content (AvgIpc) is 2.74. The minimum Gasteiger partial charge on any atom is -0.487 e. The number of aromatic nitrogens is 1. The number of carbonyl (C=O) groups is 2. The van der Waals surface area contributed by atoms with E-state index >= 15 is 0 Å². The molecule has 2 heterocycles. The molecule has 1 saturated heterocycles. The molecule has 2 aromatic rings. The molecule has 1 aliphatic rings. The number of ether oxygens (including phenoxy) is 1. The Balaban J connectivity index is 1.69. The molecule has 0 saturated carbocycles. The minimum absolute atomic E-state index is 0.112. The van der Waals surface area contributed by atoms with Crippen LogP contribution in [0.1, 0.15) is 30.1 Å². The SMILES string of the molecule is CCOc1ccc(C(=O)Nc2ccc(N3CCCC(C(N)=O)C3)nc2)cc1[N+](=O)[O-]. The summed E-state index contributed by atoms with van der Waals surface area (Å²) in [6, 6.07) is 7.49. The van der Waals surface area contributed by atoms with Gasteiger partial charge < -0.3 is 20.7 Å². The molecule has 0 spiro atoms. The average molecular weight is 413 g/mol. The molecular weight excluding hydrogens is 390 g/mol. The number of benzene rings is 1. The van der Waals surface area contributed by atoms with Crippen LogP contribution in [0.4, 0.5) is 17.2 Å². The maximum Gasteiger partial charge on any atom is 0.311 e. The first-order valence-corrected chi connectivity index (χ1v) is 9.62. The fourth-order valence-corrected chi connectivity index (χ4v) is 3.35. The van der Waals surface area contributed by atoms with Gasteiger partial charge in [-0.3, -0.25) is 19.7 Å². The fourth-order valence-electron chi connectivity index (χ4n) is 3.35. The van der Waals surface area contributed by atoms with Gasteiger partial charge in [0.2, 0.25) is 5.91 Å². The number of primary amides is 1. The number of nitrogens with two attached hydrogens (primary N) is 1. The predicted molar refractivity (Wildman–Crippen MR) is 111 cm³/mol. The van der Waals surface area contributed by atoms with Crippen molar-refractivity contribution in [3.8, 4) is 5.75 Å². The molecule has 3 N–H and O–H groups in total. The van der Waals surface area contributed by atoms with E-state index in [1.165, 1.54) is 24.4 Å². The number of hydrogen-bond donors (Lipinski definition) is 2. The first kappa shape index (κ1) is 21.0. The summed E-state index contributed by atoms with van der Waals surface area (Å²) in [4.78, 5) is 40.9. The summed E-state index contributed by atoms with van der Waals surface area (Å²) in [6.07, 6.45) is 3.13. The van der Waals surface area contributed by atoms with Gasteiger partial charge in [0, 0.05) is 24.7 Å². The zero-order chi connectivity index (χ0) is 21.7. The van der Waals surface area contributed by atoms with Gasteiger partial charge in [-0.25, -0.2) is 4.98 Å². The lowest BCUT2D eigenvalue weighted by Crippen LogP contribution is -2.41. The summed E-state index contributed by atoms with van der Waals surface area (Å²) in [6.45, 7) is 3.29. The highest BCUT2D eigenvalue weighted by atomic mass is 16.6. The molecule has 1 unspecified atom stereocenters. The van der Waals surface area contributed by atoms with E-state index in [0.717, 1.165) is 19.4 Å². The van der Waals surface area contributed by atoms with E-state index in [4.69, 9.17) is 10.5 Å². The predicted octanol–water partition coefficient (Wildman–Crippen LogP) is 2.34. The Bertz CT molecular complexity index is 947. The molecule has 2 amide bonds. The zero-order valence-electron chi connectivity index (χ0n) is 16.5. The number of pyridine rings is 1. The van der Waals surface area contributed by atoms with Crippen molar-refractivity contribution in [2.24, 2.45) is 11.7 Å². The van der Waals surface area contributed by atoms with Crippen molar-refractivity contribution < 1.29 is 19.2 Å². The van der Waals surface area contributed by atoms with Gasteiger partial charge >= 0.3 is 5.69 Å². The van der Waals surface area contributed by atoms with Crippen LogP contribution in [0.15, 0.2) is 36.5 Å². The molecule has 0 aliphatic carbocycles. The van der Waals surface area contributed by atoms with Crippen LogP contribution in [0, 0.1) is 16.0 Å². The number of nitro benzene ring substituents is 1. The second-order valence-corrected chi connectivity index (χ2v) is 6.92. The van der Waals surface area contributed by atoms with Crippen LogP contribution in [0.3, 0.4) is 0 Å². The van der Waals surface area contributed by atoms with Crippen LogP contribution in [0.5, 0.6) is 5.75 Å². The largest absolute Gasteiger partial charge is 0.487 e. The maximum absolute atomic E-state index is 12.5. The van der Waals surface area contributed by atoms with Crippen molar-refractivity contribution in [1.82, 2.24) is 4.98 Å². The third kappa shape index (κ3) is 4.83. The summed E-state index contributed by atoms with van der Waals surface area (Å²) < 4.78 is 5.23. The molecule has 10 nitrogen and oxygen atoms in total. The summed E-state index contributed by atoms with van der Waals surface area (Å²) in [5.41, 5.74) is 5.72. The van der Waals surface area contributed by atoms with Crippen LogP contribution >= 0.6 is 0 Å². The fraction of sp³-hybridized carbons (Fsp3) is 0.350. The van der Waals surface area contributed by atoms with Crippen LogP contribution in [0.25, 0.3) is 0 Å². The summed E-state index contributed by atoms with van der Waals surface area (Å²) in [7, 11) is 0. The van der Waals surface area contributed by atoms with Crippen LogP contribution in [-0.2, 0) is 4.79 Å². The van der Waals surface area contributed by atoms with Crippen molar-refractivity contribution >= 4 is 29.0 Å².